The largest absolute Gasteiger partial charge is 0.550 e. The van der Waals surface area contributed by atoms with E-state index in [9.17, 15) is 0 Å². The zero-order valence-corrected chi connectivity index (χ0v) is 12.3. The Morgan fingerprint density at radius 1 is 0.947 bits per heavy atom. The van der Waals surface area contributed by atoms with E-state index in [1.807, 2.05) is 0 Å². The van der Waals surface area contributed by atoms with Gasteiger partial charge < -0.3 is 9.90 Å². The Morgan fingerprint density at radius 2 is 1.26 bits per heavy atom. The molecule has 0 aliphatic carbocycles. The molecule has 0 aromatic heterocycles. The minimum atomic E-state index is -1.08. The second kappa shape index (κ2) is 8.44. The quantitative estimate of drug-likeness (QED) is 0.798. The molecule has 0 fully saturated rings. The van der Waals surface area contributed by atoms with E-state index in [4.69, 9.17) is 9.90 Å². The normalized spacial score (nSPS) is 9.63. The molecule has 3 heteroatoms. The second-order valence-electron chi connectivity index (χ2n) is 4.06. The van der Waals surface area contributed by atoms with Crippen molar-refractivity contribution < 1.29 is 9.90 Å². The summed E-state index contributed by atoms with van der Waals surface area (Å²) in [5.74, 6) is -1.08. The van der Waals surface area contributed by atoms with Crippen LogP contribution in [0.25, 0.3) is 0 Å². The van der Waals surface area contributed by atoms with Gasteiger partial charge in [-0.1, -0.05) is 36.4 Å². The van der Waals surface area contributed by atoms with Crippen LogP contribution in [-0.4, -0.2) is 12.1 Å². The van der Waals surface area contributed by atoms with Gasteiger partial charge in [0.1, 0.15) is 0 Å². The third kappa shape index (κ3) is 5.67. The van der Waals surface area contributed by atoms with Crippen molar-refractivity contribution in [2.75, 3.05) is 6.16 Å². The van der Waals surface area contributed by atoms with Crippen LogP contribution in [0, 0.1) is 0 Å². The van der Waals surface area contributed by atoms with Crippen LogP contribution >= 0.6 is 7.92 Å². The number of benzene rings is 2. The van der Waals surface area contributed by atoms with E-state index in [-0.39, 0.29) is 0 Å². The van der Waals surface area contributed by atoms with Gasteiger partial charge in [0.25, 0.3) is 0 Å². The van der Waals surface area contributed by atoms with Gasteiger partial charge in [-0.3, -0.25) is 0 Å². The number of hydrogen-bond acceptors (Lipinski definition) is 2. The van der Waals surface area contributed by atoms with Gasteiger partial charge in [0, 0.05) is 5.97 Å². The smallest absolute Gasteiger partial charge is 0.0966 e. The van der Waals surface area contributed by atoms with E-state index >= 15 is 0 Å². The number of carboxylic acid groups (broad SMARTS) is 1. The molecular formula is C16H19O2P. The number of carbonyl (C=O) groups excluding carboxylic acids is 1. The zero-order chi connectivity index (χ0) is 14.1. The van der Waals surface area contributed by atoms with Crippen molar-refractivity contribution in [1.82, 2.24) is 0 Å². The van der Waals surface area contributed by atoms with Gasteiger partial charge in [-0.2, -0.15) is 0 Å². The summed E-state index contributed by atoms with van der Waals surface area (Å²) in [7, 11) is -0.539. The molecular weight excluding hydrogens is 255 g/mol. The van der Waals surface area contributed by atoms with Crippen molar-refractivity contribution in [1.29, 1.82) is 0 Å². The molecule has 0 atom stereocenters. The lowest BCUT2D eigenvalue weighted by molar-refractivity contribution is -0.302. The van der Waals surface area contributed by atoms with Crippen LogP contribution in [0.15, 0.2) is 60.7 Å². The molecule has 0 saturated heterocycles. The van der Waals surface area contributed by atoms with Crippen molar-refractivity contribution in [2.24, 2.45) is 0 Å². The highest BCUT2D eigenvalue weighted by Crippen LogP contribution is 2.32. The molecule has 0 N–H and O–H groups in total. The Balaban J connectivity index is 0.000000399. The number of hydrogen-bond donors (Lipinski definition) is 0. The summed E-state index contributed by atoms with van der Waals surface area (Å²) >= 11 is 0. The molecule has 0 saturated carbocycles. The maximum absolute atomic E-state index is 8.89. The monoisotopic (exact) mass is 274 g/mol. The van der Waals surface area contributed by atoms with Gasteiger partial charge in [-0.15, -0.1) is 0 Å². The predicted octanol–water partition coefficient (Wildman–Crippen LogP) is 1.63. The standard InChI is InChI=1S/C14H15P.C2H4O2/c1-2-15(13-9-5-3-6-10-13)14-11-7-4-8-12-14;1-2(3)4/h3-12H,2H2,1H3;1H3,(H,3,4). The first-order valence-electron chi connectivity index (χ1n) is 6.29. The molecule has 0 bridgehead atoms. The Bertz CT molecular complexity index is 439. The minimum absolute atomic E-state index is 0.539. The van der Waals surface area contributed by atoms with Crippen LogP contribution in [-0.2, 0) is 4.79 Å². The Labute approximate surface area is 115 Å². The lowest BCUT2D eigenvalue weighted by Gasteiger charge is -2.07. The lowest BCUT2D eigenvalue weighted by atomic mass is 10.4. The van der Waals surface area contributed by atoms with Gasteiger partial charge in [0.2, 0.25) is 0 Å². The summed E-state index contributed by atoms with van der Waals surface area (Å²) in [4.78, 5) is 8.89. The maximum atomic E-state index is 8.89. The first-order chi connectivity index (χ1) is 9.15. The first kappa shape index (κ1) is 15.4. The summed E-state index contributed by atoms with van der Waals surface area (Å²) in [5.41, 5.74) is 0. The molecule has 100 valence electrons. The Morgan fingerprint density at radius 3 is 1.53 bits per heavy atom. The van der Waals surface area contributed by atoms with Crippen LogP contribution in [0.4, 0.5) is 0 Å². The summed E-state index contributed by atoms with van der Waals surface area (Å²) in [6.45, 7) is 3.26. The second-order valence-corrected chi connectivity index (χ2v) is 6.87. The van der Waals surface area contributed by atoms with Crippen molar-refractivity contribution in [2.45, 2.75) is 13.8 Å². The van der Waals surface area contributed by atoms with Gasteiger partial charge >= 0.3 is 0 Å². The number of rotatable bonds is 3. The molecule has 2 aromatic rings. The van der Waals surface area contributed by atoms with Crippen molar-refractivity contribution in [3.63, 3.8) is 0 Å². The summed E-state index contributed by atoms with van der Waals surface area (Å²) in [6, 6.07) is 21.7. The van der Waals surface area contributed by atoms with E-state index in [1.54, 1.807) is 0 Å². The fourth-order valence-corrected chi connectivity index (χ4v) is 4.19. The highest BCUT2D eigenvalue weighted by molar-refractivity contribution is 7.72. The molecule has 0 unspecified atom stereocenters. The first-order valence-corrected chi connectivity index (χ1v) is 8.00. The highest BCUT2D eigenvalue weighted by Gasteiger charge is 2.18. The summed E-state index contributed by atoms with van der Waals surface area (Å²) in [5, 5.41) is 11.9. The van der Waals surface area contributed by atoms with E-state index in [1.165, 1.54) is 16.8 Å². The molecule has 2 aromatic carbocycles. The molecule has 2 rings (SSSR count). The van der Waals surface area contributed by atoms with E-state index < -0.39 is 13.9 Å². The zero-order valence-electron chi connectivity index (χ0n) is 11.3. The number of aliphatic carboxylic acids is 1. The highest BCUT2D eigenvalue weighted by atomic mass is 31.1. The third-order valence-electron chi connectivity index (χ3n) is 2.60. The summed E-state index contributed by atoms with van der Waals surface area (Å²) in [6.07, 6.45) is 1.25. The average molecular weight is 274 g/mol. The van der Waals surface area contributed by atoms with Gasteiger partial charge in [0.05, 0.1) is 24.7 Å². The predicted molar refractivity (Wildman–Crippen MR) is 81.7 cm³/mol. The topological polar surface area (TPSA) is 40.1 Å². The number of carbonyl (C=O) groups is 1. The molecule has 0 amide bonds. The molecule has 0 aliphatic heterocycles. The fraction of sp³-hybridized carbons (Fsp3) is 0.188. The van der Waals surface area contributed by atoms with Crippen molar-refractivity contribution in [3.05, 3.63) is 60.7 Å². The molecule has 0 spiro atoms. The van der Waals surface area contributed by atoms with E-state index in [2.05, 4.69) is 67.6 Å². The van der Waals surface area contributed by atoms with Crippen molar-refractivity contribution >= 4 is 24.5 Å². The fourth-order valence-electron chi connectivity index (χ4n) is 1.85. The Hall–Kier alpha value is -1.66. The number of carboxylic acids is 1. The van der Waals surface area contributed by atoms with Crippen LogP contribution in [0.1, 0.15) is 13.8 Å². The molecule has 19 heavy (non-hydrogen) atoms. The van der Waals surface area contributed by atoms with Crippen LogP contribution in [0.2, 0.25) is 0 Å². The molecule has 0 radical (unpaired) electrons. The minimum Gasteiger partial charge on any atom is -0.550 e. The van der Waals surface area contributed by atoms with Crippen LogP contribution in [0.3, 0.4) is 0 Å². The van der Waals surface area contributed by atoms with E-state index in [0.29, 0.717) is 0 Å². The van der Waals surface area contributed by atoms with Crippen LogP contribution < -0.4 is 15.7 Å². The lowest BCUT2D eigenvalue weighted by Crippen LogP contribution is -2.16. The van der Waals surface area contributed by atoms with E-state index in [0.717, 1.165) is 6.92 Å². The molecule has 0 heterocycles. The van der Waals surface area contributed by atoms with Gasteiger partial charge in [-0.25, -0.2) is 0 Å². The van der Waals surface area contributed by atoms with Crippen LogP contribution in [0.5, 0.6) is 0 Å². The van der Waals surface area contributed by atoms with Gasteiger partial charge in [0.15, 0.2) is 0 Å². The van der Waals surface area contributed by atoms with Gasteiger partial charge in [-0.05, 0) is 38.1 Å². The third-order valence-corrected chi connectivity index (χ3v) is 5.37. The summed E-state index contributed by atoms with van der Waals surface area (Å²) < 4.78 is 0. The molecule has 0 aliphatic rings. The SMILES string of the molecule is CC(=O)[O-].CC[PH+](c1ccccc1)c1ccccc1. The molecule has 2 nitrogen and oxygen atoms in total. The Kier molecular flexibility index (Phi) is 6.84. The average Bonchev–Trinajstić information content (AvgIpc) is 2.41. The maximum Gasteiger partial charge on any atom is 0.0966 e. The van der Waals surface area contributed by atoms with Crippen molar-refractivity contribution in [3.8, 4) is 0 Å².